The minimum atomic E-state index is -0.381. The van der Waals surface area contributed by atoms with E-state index in [9.17, 15) is 4.79 Å². The summed E-state index contributed by atoms with van der Waals surface area (Å²) < 4.78 is 0.609. The number of nitrogen functional groups attached to an aromatic ring is 1. The molecule has 1 rings (SSSR count). The molecule has 1 amide bonds. The second-order valence-corrected chi connectivity index (χ2v) is 5.85. The van der Waals surface area contributed by atoms with Gasteiger partial charge in [-0.3, -0.25) is 0 Å². The van der Waals surface area contributed by atoms with Crippen LogP contribution in [0.15, 0.2) is 4.94 Å². The predicted octanol–water partition coefficient (Wildman–Crippen LogP) is 0.722. The zero-order valence-corrected chi connectivity index (χ0v) is 9.76. The quantitative estimate of drug-likeness (QED) is 0.716. The van der Waals surface area contributed by atoms with Crippen molar-refractivity contribution in [3.63, 3.8) is 0 Å². The third-order valence-corrected chi connectivity index (χ3v) is 3.98. The number of anilines is 1. The molecule has 0 aliphatic carbocycles. The van der Waals surface area contributed by atoms with E-state index in [0.29, 0.717) is 10.1 Å². The van der Waals surface area contributed by atoms with E-state index in [0.717, 1.165) is 5.56 Å². The molecule has 0 aromatic carbocycles. The molecule has 0 unspecified atom stereocenters. The van der Waals surface area contributed by atoms with Crippen molar-refractivity contribution in [1.82, 2.24) is 0 Å². The molecule has 0 aliphatic heterocycles. The van der Waals surface area contributed by atoms with Gasteiger partial charge >= 0.3 is 83.5 Å². The van der Waals surface area contributed by atoms with Crippen molar-refractivity contribution in [3.05, 3.63) is 14.9 Å². The Morgan fingerprint density at radius 2 is 2.00 bits per heavy atom. The number of primary amides is 1. The Bertz CT molecular complexity index is 336. The molecule has 4 heteroatoms. The first-order valence-electron chi connectivity index (χ1n) is 4.01. The molecule has 0 aliphatic rings. The van der Waals surface area contributed by atoms with E-state index < -0.39 is 0 Å². The van der Waals surface area contributed by atoms with Crippen molar-refractivity contribution in [3.8, 4) is 0 Å². The molecule has 1 aromatic rings. The standard InChI is InChI=1S/C9H14N2OSe/c1-9(2,3)5-4-13-7(6(5)10)8(11)12/h4H,10H2,1-3H3,(H2,11,12). The van der Waals surface area contributed by atoms with Crippen LogP contribution in [0.3, 0.4) is 0 Å². The van der Waals surface area contributed by atoms with E-state index in [4.69, 9.17) is 11.5 Å². The number of carbonyl (C=O) groups is 1. The summed E-state index contributed by atoms with van der Waals surface area (Å²) in [5, 5.41) is 0. The van der Waals surface area contributed by atoms with Crippen LogP contribution in [-0.4, -0.2) is 20.4 Å². The summed E-state index contributed by atoms with van der Waals surface area (Å²) in [6.45, 7) is 6.23. The van der Waals surface area contributed by atoms with Gasteiger partial charge in [-0.25, -0.2) is 0 Å². The molecule has 0 bridgehead atoms. The molecule has 13 heavy (non-hydrogen) atoms. The van der Waals surface area contributed by atoms with Crippen molar-refractivity contribution < 1.29 is 4.79 Å². The van der Waals surface area contributed by atoms with Crippen molar-refractivity contribution >= 4 is 26.1 Å². The van der Waals surface area contributed by atoms with Gasteiger partial charge < -0.3 is 0 Å². The Kier molecular flexibility index (Phi) is 2.55. The third kappa shape index (κ3) is 1.95. The van der Waals surface area contributed by atoms with Crippen LogP contribution in [-0.2, 0) is 5.41 Å². The zero-order chi connectivity index (χ0) is 10.2. The summed E-state index contributed by atoms with van der Waals surface area (Å²) in [6.07, 6.45) is 0. The Morgan fingerprint density at radius 3 is 2.23 bits per heavy atom. The first kappa shape index (κ1) is 10.4. The topological polar surface area (TPSA) is 69.1 Å². The maximum atomic E-state index is 11.0. The number of hydrogen-bond acceptors (Lipinski definition) is 2. The summed E-state index contributed by atoms with van der Waals surface area (Å²) in [5.41, 5.74) is 12.7. The van der Waals surface area contributed by atoms with Gasteiger partial charge in [0, 0.05) is 0 Å². The second-order valence-electron chi connectivity index (χ2n) is 4.01. The van der Waals surface area contributed by atoms with Crippen LogP contribution in [0.2, 0.25) is 0 Å². The van der Waals surface area contributed by atoms with Crippen LogP contribution >= 0.6 is 0 Å². The fourth-order valence-electron chi connectivity index (χ4n) is 1.14. The number of amides is 1. The molecule has 0 spiro atoms. The summed E-state index contributed by atoms with van der Waals surface area (Å²) in [7, 11) is 0. The normalized spacial score (nSPS) is 11.6. The monoisotopic (exact) mass is 246 g/mol. The van der Waals surface area contributed by atoms with Crippen LogP contribution < -0.4 is 11.5 Å². The summed E-state index contributed by atoms with van der Waals surface area (Å²) in [4.78, 5) is 13.0. The predicted molar refractivity (Wildman–Crippen MR) is 55.0 cm³/mol. The van der Waals surface area contributed by atoms with Gasteiger partial charge in [-0.05, 0) is 0 Å². The molecular formula is C9H14N2OSe. The zero-order valence-electron chi connectivity index (χ0n) is 8.05. The third-order valence-electron chi connectivity index (χ3n) is 1.86. The van der Waals surface area contributed by atoms with Crippen LogP contribution in [0.25, 0.3) is 0 Å². The first-order valence-corrected chi connectivity index (χ1v) is 5.86. The van der Waals surface area contributed by atoms with E-state index in [-0.39, 0.29) is 25.8 Å². The van der Waals surface area contributed by atoms with Crippen molar-refractivity contribution in [2.45, 2.75) is 26.2 Å². The molecule has 0 radical (unpaired) electrons. The van der Waals surface area contributed by atoms with Crippen molar-refractivity contribution in [2.24, 2.45) is 5.73 Å². The molecule has 0 saturated carbocycles. The van der Waals surface area contributed by atoms with Gasteiger partial charge in [0.1, 0.15) is 0 Å². The molecule has 1 heterocycles. The molecule has 72 valence electrons. The van der Waals surface area contributed by atoms with Gasteiger partial charge in [0.05, 0.1) is 0 Å². The van der Waals surface area contributed by atoms with Gasteiger partial charge in [0.25, 0.3) is 0 Å². The van der Waals surface area contributed by atoms with Crippen LogP contribution in [0.4, 0.5) is 5.69 Å². The molecule has 0 saturated heterocycles. The van der Waals surface area contributed by atoms with Crippen molar-refractivity contribution in [2.75, 3.05) is 5.73 Å². The maximum absolute atomic E-state index is 11.0. The second kappa shape index (κ2) is 3.20. The van der Waals surface area contributed by atoms with Crippen LogP contribution in [0.5, 0.6) is 0 Å². The van der Waals surface area contributed by atoms with E-state index in [1.54, 1.807) is 0 Å². The van der Waals surface area contributed by atoms with Crippen LogP contribution in [0.1, 0.15) is 35.6 Å². The molecule has 4 N–H and O–H groups in total. The average Bonchev–Trinajstić information content (AvgIpc) is 2.28. The number of carbonyl (C=O) groups excluding carboxylic acids is 1. The summed E-state index contributed by atoms with van der Waals surface area (Å²) >= 11 is 0.0263. The van der Waals surface area contributed by atoms with Gasteiger partial charge in [0.15, 0.2) is 0 Å². The van der Waals surface area contributed by atoms with Crippen molar-refractivity contribution in [1.29, 1.82) is 0 Å². The summed E-state index contributed by atoms with van der Waals surface area (Å²) in [6, 6.07) is 0. The number of nitrogens with two attached hydrogens (primary N) is 2. The van der Waals surface area contributed by atoms with E-state index in [1.807, 2.05) is 4.94 Å². The minimum absolute atomic E-state index is 0.00301. The Morgan fingerprint density at radius 1 is 1.46 bits per heavy atom. The Hall–Kier alpha value is -0.731. The molecular weight excluding hydrogens is 231 g/mol. The molecule has 0 fully saturated rings. The average molecular weight is 245 g/mol. The van der Waals surface area contributed by atoms with Gasteiger partial charge in [-0.15, -0.1) is 0 Å². The number of hydrogen-bond donors (Lipinski definition) is 2. The number of rotatable bonds is 1. The van der Waals surface area contributed by atoms with E-state index in [1.165, 1.54) is 0 Å². The fraction of sp³-hybridized carbons (Fsp3) is 0.444. The molecule has 3 nitrogen and oxygen atoms in total. The van der Waals surface area contributed by atoms with Gasteiger partial charge in [-0.1, -0.05) is 0 Å². The first-order chi connectivity index (χ1) is 5.84. The van der Waals surface area contributed by atoms with Gasteiger partial charge in [0.2, 0.25) is 0 Å². The fourth-order valence-corrected chi connectivity index (χ4v) is 3.38. The molecule has 0 atom stereocenters. The van der Waals surface area contributed by atoms with E-state index >= 15 is 0 Å². The Balaban J connectivity index is 3.22. The van der Waals surface area contributed by atoms with E-state index in [2.05, 4.69) is 20.8 Å². The summed E-state index contributed by atoms with van der Waals surface area (Å²) in [5.74, 6) is -0.381. The SMILES string of the molecule is CC(C)(C)c1c[se]c(C(N)=O)c1N. The Labute approximate surface area is 83.9 Å². The van der Waals surface area contributed by atoms with Crippen LogP contribution in [0, 0.1) is 0 Å². The molecule has 1 aromatic heterocycles. The van der Waals surface area contributed by atoms with Gasteiger partial charge in [-0.2, -0.15) is 0 Å².